The topological polar surface area (TPSA) is 95.6 Å². The summed E-state index contributed by atoms with van der Waals surface area (Å²) in [7, 11) is -3.88. The van der Waals surface area contributed by atoms with E-state index < -0.39 is 16.1 Å². The number of rotatable bonds is 4. The molecule has 1 aromatic rings. The summed E-state index contributed by atoms with van der Waals surface area (Å²) in [6.45, 7) is 2.80. The number of carbonyl (C=O) groups is 2. The Morgan fingerprint density at radius 1 is 1.03 bits per heavy atom. The number of amides is 3. The number of anilines is 1. The molecular weight excluding hydrogens is 402 g/mol. The van der Waals surface area contributed by atoms with E-state index in [4.69, 9.17) is 0 Å². The van der Waals surface area contributed by atoms with Crippen LogP contribution in [0.5, 0.6) is 0 Å². The summed E-state index contributed by atoms with van der Waals surface area (Å²) in [5.41, 5.74) is 5.72. The van der Waals surface area contributed by atoms with Crippen LogP contribution in [-0.4, -0.2) is 38.3 Å². The first-order chi connectivity index (χ1) is 14.3. The van der Waals surface area contributed by atoms with Crippen molar-refractivity contribution < 1.29 is 18.0 Å². The van der Waals surface area contributed by atoms with Gasteiger partial charge >= 0.3 is 6.03 Å². The summed E-state index contributed by atoms with van der Waals surface area (Å²) in [6.07, 6.45) is 9.08. The zero-order valence-electron chi connectivity index (χ0n) is 17.4. The predicted molar refractivity (Wildman–Crippen MR) is 116 cm³/mol. The van der Waals surface area contributed by atoms with E-state index in [0.29, 0.717) is 13.1 Å². The normalized spacial score (nSPS) is 19.0. The maximum absolute atomic E-state index is 12.5. The van der Waals surface area contributed by atoms with E-state index in [0.717, 1.165) is 73.6 Å². The lowest BCUT2D eigenvalue weighted by molar-refractivity contribution is -0.129. The lowest BCUT2D eigenvalue weighted by Gasteiger charge is -2.29. The Morgan fingerprint density at radius 2 is 1.63 bits per heavy atom. The maximum atomic E-state index is 12.5. The Bertz CT molecular complexity index is 960. The van der Waals surface area contributed by atoms with Gasteiger partial charge in [0.2, 0.25) is 5.91 Å². The third-order valence-corrected chi connectivity index (χ3v) is 7.45. The maximum Gasteiger partial charge on any atom is 0.333 e. The fourth-order valence-corrected chi connectivity index (χ4v) is 5.70. The first-order valence-electron chi connectivity index (χ1n) is 10.8. The summed E-state index contributed by atoms with van der Waals surface area (Å²) in [4.78, 5) is 25.7. The number of likely N-dealkylation sites (tertiary alicyclic amines) is 1. The van der Waals surface area contributed by atoms with Crippen molar-refractivity contribution in [2.75, 3.05) is 18.4 Å². The lowest BCUT2D eigenvalue weighted by atomic mass is 9.97. The van der Waals surface area contributed by atoms with E-state index >= 15 is 0 Å². The van der Waals surface area contributed by atoms with E-state index in [9.17, 15) is 18.0 Å². The van der Waals surface area contributed by atoms with Gasteiger partial charge in [-0.25, -0.2) is 17.9 Å². The molecule has 162 valence electrons. The highest BCUT2D eigenvalue weighted by molar-refractivity contribution is 7.92. The zero-order valence-corrected chi connectivity index (χ0v) is 18.2. The average molecular weight is 432 g/mol. The number of hydrogen-bond donors (Lipinski definition) is 2. The molecule has 30 heavy (non-hydrogen) atoms. The Hall–Kier alpha value is -2.35. The number of hydrogen-bond acceptors (Lipinski definition) is 4. The third-order valence-electron chi connectivity index (χ3n) is 6.46. The van der Waals surface area contributed by atoms with E-state index in [1.165, 1.54) is 11.1 Å². The molecule has 0 bridgehead atoms. The summed E-state index contributed by atoms with van der Waals surface area (Å²) >= 11 is 0. The monoisotopic (exact) mass is 431 g/mol. The molecule has 0 saturated carbocycles. The molecule has 0 aromatic heterocycles. The van der Waals surface area contributed by atoms with E-state index in [1.54, 1.807) is 17.9 Å². The average Bonchev–Trinajstić information content (AvgIpc) is 3.35. The fraction of sp³-hybridized carbons (Fsp3) is 0.545. The number of nitrogens with one attached hydrogen (secondary N) is 2. The number of urea groups is 1. The van der Waals surface area contributed by atoms with E-state index in [-0.39, 0.29) is 11.8 Å². The summed E-state index contributed by atoms with van der Waals surface area (Å²) < 4.78 is 26.9. The highest BCUT2D eigenvalue weighted by Gasteiger charge is 2.26. The van der Waals surface area contributed by atoms with Gasteiger partial charge in [0.1, 0.15) is 0 Å². The van der Waals surface area contributed by atoms with Gasteiger partial charge in [0, 0.05) is 31.1 Å². The fourth-order valence-electron chi connectivity index (χ4n) is 4.89. The number of aryl methyl sites for hydroxylation is 2. The second-order valence-electron chi connectivity index (χ2n) is 8.51. The van der Waals surface area contributed by atoms with Crippen molar-refractivity contribution in [3.05, 3.63) is 39.8 Å². The first kappa shape index (κ1) is 20.9. The molecule has 4 rings (SSSR count). The van der Waals surface area contributed by atoms with Crippen LogP contribution in [0, 0.1) is 5.92 Å². The van der Waals surface area contributed by atoms with Crippen LogP contribution >= 0.6 is 0 Å². The van der Waals surface area contributed by atoms with Crippen molar-refractivity contribution in [1.82, 2.24) is 9.62 Å². The molecule has 1 fully saturated rings. The highest BCUT2D eigenvalue weighted by Crippen LogP contribution is 2.38. The number of benzene rings is 1. The molecule has 8 heteroatoms. The number of nitrogens with zero attached hydrogens (tertiary/aromatic N) is 1. The zero-order chi connectivity index (χ0) is 21.3. The van der Waals surface area contributed by atoms with Crippen molar-refractivity contribution in [2.24, 2.45) is 5.92 Å². The molecule has 1 aliphatic heterocycles. The molecule has 7 nitrogen and oxygen atoms in total. The van der Waals surface area contributed by atoms with Gasteiger partial charge < -0.3 is 10.2 Å². The molecule has 3 aliphatic rings. The smallest absolute Gasteiger partial charge is 0.333 e. The van der Waals surface area contributed by atoms with Crippen LogP contribution in [0.2, 0.25) is 0 Å². The molecule has 0 spiro atoms. The Morgan fingerprint density at radius 3 is 2.20 bits per heavy atom. The second-order valence-corrected chi connectivity index (χ2v) is 10.1. The van der Waals surface area contributed by atoms with Gasteiger partial charge in [-0.15, -0.1) is 0 Å². The van der Waals surface area contributed by atoms with Crippen LogP contribution in [0.1, 0.15) is 54.9 Å². The molecule has 1 aromatic carbocycles. The largest absolute Gasteiger partial charge is 0.343 e. The molecule has 3 amide bonds. The SMILES string of the molecule is CC(=O)N1CCC(/C=C/S(=O)(=O)NC(=O)Nc2c3c(cc4c2CCC4)CCC3)CC1. The molecule has 0 radical (unpaired) electrons. The van der Waals surface area contributed by atoms with Crippen molar-refractivity contribution in [3.8, 4) is 0 Å². The molecular formula is C22H29N3O4S. The van der Waals surface area contributed by atoms with Crippen LogP contribution in [-0.2, 0) is 40.5 Å². The Balaban J connectivity index is 1.39. The molecule has 0 atom stereocenters. The summed E-state index contributed by atoms with van der Waals surface area (Å²) in [5, 5.41) is 3.93. The van der Waals surface area contributed by atoms with Crippen molar-refractivity contribution >= 4 is 27.6 Å². The van der Waals surface area contributed by atoms with Crippen LogP contribution in [0.15, 0.2) is 17.6 Å². The molecule has 2 aliphatic carbocycles. The minimum atomic E-state index is -3.88. The molecule has 2 N–H and O–H groups in total. The van der Waals surface area contributed by atoms with Crippen LogP contribution < -0.4 is 10.0 Å². The van der Waals surface area contributed by atoms with Crippen molar-refractivity contribution in [1.29, 1.82) is 0 Å². The number of sulfonamides is 1. The van der Waals surface area contributed by atoms with Crippen molar-refractivity contribution in [2.45, 2.75) is 58.3 Å². The third kappa shape index (κ3) is 4.53. The summed E-state index contributed by atoms with van der Waals surface area (Å²) in [5.74, 6) is 0.128. The van der Waals surface area contributed by atoms with E-state index in [1.807, 2.05) is 0 Å². The van der Waals surface area contributed by atoms with Crippen LogP contribution in [0.25, 0.3) is 0 Å². The van der Waals surface area contributed by atoms with Crippen molar-refractivity contribution in [3.63, 3.8) is 0 Å². The van der Waals surface area contributed by atoms with Gasteiger partial charge in [-0.3, -0.25) is 4.79 Å². The highest BCUT2D eigenvalue weighted by atomic mass is 32.2. The Labute approximate surface area is 178 Å². The van der Waals surface area contributed by atoms with Gasteiger partial charge in [0.15, 0.2) is 0 Å². The van der Waals surface area contributed by atoms with Crippen LogP contribution in [0.4, 0.5) is 10.5 Å². The molecule has 0 unspecified atom stereocenters. The van der Waals surface area contributed by atoms with Gasteiger partial charge in [0.05, 0.1) is 0 Å². The number of carbonyl (C=O) groups excluding carboxylic acids is 2. The van der Waals surface area contributed by atoms with Gasteiger partial charge in [0.25, 0.3) is 10.0 Å². The number of fused-ring (bicyclic) bond motifs is 2. The quantitative estimate of drug-likeness (QED) is 0.766. The van der Waals surface area contributed by atoms with Crippen LogP contribution in [0.3, 0.4) is 0 Å². The predicted octanol–water partition coefficient (Wildman–Crippen LogP) is 2.89. The van der Waals surface area contributed by atoms with E-state index in [2.05, 4.69) is 16.1 Å². The van der Waals surface area contributed by atoms with Gasteiger partial charge in [-0.05, 0) is 79.5 Å². The Kier molecular flexibility index (Phi) is 5.86. The molecule has 1 saturated heterocycles. The minimum Gasteiger partial charge on any atom is -0.343 e. The summed E-state index contributed by atoms with van der Waals surface area (Å²) in [6, 6.07) is 1.56. The minimum absolute atomic E-state index is 0.0438. The second kappa shape index (κ2) is 8.41. The first-order valence-corrected chi connectivity index (χ1v) is 12.3. The molecule has 1 heterocycles. The lowest BCUT2D eigenvalue weighted by Crippen LogP contribution is -2.36. The number of piperidine rings is 1. The standard InChI is InChI=1S/C22H29N3O4S/c1-15(26)25-11-8-16(9-12-25)10-13-30(28,29)24-22(27)23-21-19-6-2-4-17(19)14-18-5-3-7-20(18)21/h10,13-14,16H,2-9,11-12H2,1H3,(H2,23,24,27)/b13-10+. The van der Waals surface area contributed by atoms with Gasteiger partial charge in [-0.2, -0.15) is 0 Å². The van der Waals surface area contributed by atoms with Gasteiger partial charge in [-0.1, -0.05) is 12.1 Å². The number of allylic oxidation sites excluding steroid dienone is 1.